The lowest BCUT2D eigenvalue weighted by atomic mass is 10.2. The SMILES string of the molecule is O=c1c2cc(Cl)ccc2nc2c3ccccc3ncn12. The van der Waals surface area contributed by atoms with E-state index >= 15 is 0 Å². The zero-order chi connectivity index (χ0) is 13.7. The summed E-state index contributed by atoms with van der Waals surface area (Å²) in [5, 5.41) is 1.86. The van der Waals surface area contributed by atoms with Crippen molar-refractivity contribution in [2.24, 2.45) is 0 Å². The number of halogens is 1. The molecule has 0 fully saturated rings. The summed E-state index contributed by atoms with van der Waals surface area (Å²) in [6, 6.07) is 12.7. The van der Waals surface area contributed by atoms with Crippen LogP contribution in [0, 0.1) is 0 Å². The molecule has 2 aromatic carbocycles. The Bertz CT molecular complexity index is 1040. The summed E-state index contributed by atoms with van der Waals surface area (Å²) in [4.78, 5) is 21.4. The minimum Gasteiger partial charge on any atom is -0.268 e. The highest BCUT2D eigenvalue weighted by atomic mass is 35.5. The maximum absolute atomic E-state index is 12.5. The summed E-state index contributed by atoms with van der Waals surface area (Å²) in [6.07, 6.45) is 1.51. The first-order valence-electron chi connectivity index (χ1n) is 6.09. The molecule has 4 aromatic rings. The maximum atomic E-state index is 12.5. The van der Waals surface area contributed by atoms with Crippen LogP contribution in [-0.2, 0) is 0 Å². The van der Waals surface area contributed by atoms with Gasteiger partial charge >= 0.3 is 0 Å². The number of fused-ring (bicyclic) bond motifs is 4. The Labute approximate surface area is 118 Å². The maximum Gasteiger partial charge on any atom is 0.267 e. The first-order chi connectivity index (χ1) is 9.74. The Morgan fingerprint density at radius 3 is 2.75 bits per heavy atom. The third kappa shape index (κ3) is 1.52. The Morgan fingerprint density at radius 2 is 1.85 bits per heavy atom. The molecule has 0 unspecified atom stereocenters. The molecule has 0 spiro atoms. The number of nitrogens with zero attached hydrogens (tertiary/aromatic N) is 3. The second kappa shape index (κ2) is 4.02. The zero-order valence-electron chi connectivity index (χ0n) is 10.2. The molecule has 0 saturated heterocycles. The van der Waals surface area contributed by atoms with Crippen molar-refractivity contribution in [3.05, 3.63) is 64.2 Å². The van der Waals surface area contributed by atoms with Gasteiger partial charge in [0.15, 0.2) is 5.65 Å². The summed E-state index contributed by atoms with van der Waals surface area (Å²) in [7, 11) is 0. The number of benzene rings is 2. The molecule has 0 aliphatic carbocycles. The van der Waals surface area contributed by atoms with E-state index in [1.54, 1.807) is 18.2 Å². The number of hydrogen-bond donors (Lipinski definition) is 0. The average molecular weight is 282 g/mol. The van der Waals surface area contributed by atoms with Crippen LogP contribution in [0.4, 0.5) is 0 Å². The van der Waals surface area contributed by atoms with Crippen LogP contribution in [0.15, 0.2) is 53.6 Å². The minimum atomic E-state index is -0.161. The number of aromatic nitrogens is 3. The van der Waals surface area contributed by atoms with E-state index in [2.05, 4.69) is 9.97 Å². The molecule has 4 nitrogen and oxygen atoms in total. The summed E-state index contributed by atoms with van der Waals surface area (Å²) in [6.45, 7) is 0. The molecular formula is C15H8ClN3O. The average Bonchev–Trinajstić information content (AvgIpc) is 2.48. The Balaban J connectivity index is 2.31. The van der Waals surface area contributed by atoms with Crippen molar-refractivity contribution in [1.29, 1.82) is 0 Å². The van der Waals surface area contributed by atoms with Crippen molar-refractivity contribution < 1.29 is 0 Å². The highest BCUT2D eigenvalue weighted by Crippen LogP contribution is 2.19. The van der Waals surface area contributed by atoms with Gasteiger partial charge in [-0.05, 0) is 30.3 Å². The summed E-state index contributed by atoms with van der Waals surface area (Å²) in [5.74, 6) is 0. The van der Waals surface area contributed by atoms with Crippen molar-refractivity contribution in [1.82, 2.24) is 14.4 Å². The van der Waals surface area contributed by atoms with E-state index in [1.807, 2.05) is 24.3 Å². The van der Waals surface area contributed by atoms with Crippen LogP contribution in [0.5, 0.6) is 0 Å². The smallest absolute Gasteiger partial charge is 0.267 e. The van der Waals surface area contributed by atoms with Crippen molar-refractivity contribution >= 4 is 39.1 Å². The highest BCUT2D eigenvalue weighted by Gasteiger charge is 2.09. The lowest BCUT2D eigenvalue weighted by Crippen LogP contribution is -2.15. The van der Waals surface area contributed by atoms with E-state index in [0.717, 1.165) is 10.9 Å². The van der Waals surface area contributed by atoms with E-state index in [9.17, 15) is 4.79 Å². The van der Waals surface area contributed by atoms with Gasteiger partial charge in [-0.15, -0.1) is 0 Å². The first kappa shape index (κ1) is 11.4. The molecule has 4 rings (SSSR count). The van der Waals surface area contributed by atoms with Crippen molar-refractivity contribution in [3.63, 3.8) is 0 Å². The Morgan fingerprint density at radius 1 is 1.00 bits per heavy atom. The van der Waals surface area contributed by atoms with E-state index in [-0.39, 0.29) is 5.56 Å². The molecule has 0 bridgehead atoms. The molecule has 5 heteroatoms. The molecule has 0 amide bonds. The monoisotopic (exact) mass is 281 g/mol. The van der Waals surface area contributed by atoms with Crippen LogP contribution in [0.3, 0.4) is 0 Å². The molecule has 0 N–H and O–H groups in total. The molecule has 0 aliphatic rings. The molecule has 2 heterocycles. The molecule has 96 valence electrons. The van der Waals surface area contributed by atoms with Gasteiger partial charge in [0, 0.05) is 10.4 Å². The second-order valence-corrected chi connectivity index (χ2v) is 4.97. The standard InChI is InChI=1S/C15H8ClN3O/c16-9-5-6-13-11(7-9)15(20)19-8-17-12-4-2-1-3-10(12)14(19)18-13/h1-8H. The van der Waals surface area contributed by atoms with Gasteiger partial charge < -0.3 is 0 Å². The predicted octanol–water partition coefficient (Wildman–Crippen LogP) is 3.05. The zero-order valence-corrected chi connectivity index (χ0v) is 11.0. The van der Waals surface area contributed by atoms with E-state index in [1.165, 1.54) is 10.7 Å². The van der Waals surface area contributed by atoms with Crippen LogP contribution < -0.4 is 5.56 Å². The normalized spacial score (nSPS) is 11.4. The first-order valence-corrected chi connectivity index (χ1v) is 6.47. The van der Waals surface area contributed by atoms with Crippen molar-refractivity contribution in [3.8, 4) is 0 Å². The van der Waals surface area contributed by atoms with Crippen LogP contribution in [0.25, 0.3) is 27.5 Å². The quantitative estimate of drug-likeness (QED) is 0.368. The minimum absolute atomic E-state index is 0.161. The van der Waals surface area contributed by atoms with E-state index in [0.29, 0.717) is 21.6 Å². The fourth-order valence-electron chi connectivity index (χ4n) is 2.36. The largest absolute Gasteiger partial charge is 0.268 e. The molecular weight excluding hydrogens is 274 g/mol. The predicted molar refractivity (Wildman–Crippen MR) is 79.3 cm³/mol. The molecule has 20 heavy (non-hydrogen) atoms. The molecule has 2 aromatic heterocycles. The van der Waals surface area contributed by atoms with Crippen LogP contribution >= 0.6 is 11.6 Å². The van der Waals surface area contributed by atoms with Crippen LogP contribution in [0.1, 0.15) is 0 Å². The van der Waals surface area contributed by atoms with Crippen LogP contribution in [-0.4, -0.2) is 14.4 Å². The third-order valence-electron chi connectivity index (χ3n) is 3.32. The lowest BCUT2D eigenvalue weighted by molar-refractivity contribution is 1.04. The summed E-state index contributed by atoms with van der Waals surface area (Å²) in [5.41, 5.74) is 1.89. The highest BCUT2D eigenvalue weighted by molar-refractivity contribution is 6.31. The van der Waals surface area contributed by atoms with Gasteiger partial charge in [0.2, 0.25) is 0 Å². The Kier molecular flexibility index (Phi) is 2.28. The Hall–Kier alpha value is -2.46. The third-order valence-corrected chi connectivity index (χ3v) is 3.55. The van der Waals surface area contributed by atoms with Gasteiger partial charge in [-0.3, -0.25) is 4.79 Å². The summed E-state index contributed by atoms with van der Waals surface area (Å²) < 4.78 is 1.46. The fourth-order valence-corrected chi connectivity index (χ4v) is 2.54. The molecule has 0 atom stereocenters. The molecule has 0 aliphatic heterocycles. The van der Waals surface area contributed by atoms with Crippen molar-refractivity contribution in [2.75, 3.05) is 0 Å². The lowest BCUT2D eigenvalue weighted by Gasteiger charge is -2.06. The number of hydrogen-bond acceptors (Lipinski definition) is 3. The van der Waals surface area contributed by atoms with Crippen molar-refractivity contribution in [2.45, 2.75) is 0 Å². The van der Waals surface area contributed by atoms with E-state index in [4.69, 9.17) is 11.6 Å². The topological polar surface area (TPSA) is 47.3 Å². The van der Waals surface area contributed by atoms with Gasteiger partial charge in [0.1, 0.15) is 6.33 Å². The summed E-state index contributed by atoms with van der Waals surface area (Å²) >= 11 is 5.95. The van der Waals surface area contributed by atoms with Gasteiger partial charge in [-0.2, -0.15) is 0 Å². The second-order valence-electron chi connectivity index (χ2n) is 4.53. The number of rotatable bonds is 0. The van der Waals surface area contributed by atoms with Gasteiger partial charge in [0.25, 0.3) is 5.56 Å². The van der Waals surface area contributed by atoms with Crippen LogP contribution in [0.2, 0.25) is 5.02 Å². The van der Waals surface area contributed by atoms with Gasteiger partial charge in [-0.25, -0.2) is 14.4 Å². The molecule has 0 saturated carbocycles. The fraction of sp³-hybridized carbons (Fsp3) is 0. The number of para-hydroxylation sites is 1. The van der Waals surface area contributed by atoms with Gasteiger partial charge in [0.05, 0.1) is 16.4 Å². The molecule has 0 radical (unpaired) electrons. The van der Waals surface area contributed by atoms with Gasteiger partial charge in [-0.1, -0.05) is 23.7 Å². The van der Waals surface area contributed by atoms with E-state index < -0.39 is 0 Å².